The standard InChI is InChI=1S/C13H18I2/c1-6-7(2)12(13(3,14)15)11-9-5-4-8(9)10(6)11/h8-12H,4-5H2,1-3H3. The van der Waals surface area contributed by atoms with Crippen molar-refractivity contribution in [3.8, 4) is 0 Å². The molecule has 0 N–H and O–H groups in total. The minimum Gasteiger partial charge on any atom is -0.0703 e. The predicted molar refractivity (Wildman–Crippen MR) is 81.5 cm³/mol. The highest BCUT2D eigenvalue weighted by molar-refractivity contribution is 14.2. The molecule has 84 valence electrons. The van der Waals surface area contributed by atoms with Gasteiger partial charge in [0.2, 0.25) is 0 Å². The maximum absolute atomic E-state index is 2.66. The van der Waals surface area contributed by atoms with Crippen LogP contribution in [0.2, 0.25) is 0 Å². The Hall–Kier alpha value is 1.20. The zero-order valence-electron chi connectivity index (χ0n) is 9.56. The molecule has 0 nitrogen and oxygen atoms in total. The lowest BCUT2D eigenvalue weighted by Gasteiger charge is -2.60. The van der Waals surface area contributed by atoms with E-state index in [1.165, 1.54) is 12.8 Å². The summed E-state index contributed by atoms with van der Waals surface area (Å²) in [5.41, 5.74) is 3.48. The van der Waals surface area contributed by atoms with Gasteiger partial charge in [0.15, 0.2) is 0 Å². The van der Waals surface area contributed by atoms with Gasteiger partial charge in [-0.1, -0.05) is 56.3 Å². The van der Waals surface area contributed by atoms with E-state index in [0.29, 0.717) is 1.43 Å². The molecule has 0 heterocycles. The first-order valence-corrected chi connectivity index (χ1v) is 8.13. The van der Waals surface area contributed by atoms with E-state index in [9.17, 15) is 0 Å². The molecule has 3 aliphatic rings. The Labute approximate surface area is 120 Å². The Bertz CT molecular complexity index is 337. The van der Waals surface area contributed by atoms with E-state index < -0.39 is 0 Å². The van der Waals surface area contributed by atoms with Crippen molar-refractivity contribution >= 4 is 45.2 Å². The van der Waals surface area contributed by atoms with E-state index in [2.05, 4.69) is 66.0 Å². The third-order valence-corrected chi connectivity index (χ3v) is 6.62. The highest BCUT2D eigenvalue weighted by Crippen LogP contribution is 2.70. The number of hydrogen-bond donors (Lipinski definition) is 0. The van der Waals surface area contributed by atoms with Crippen LogP contribution in [0.25, 0.3) is 0 Å². The number of hydrogen-bond acceptors (Lipinski definition) is 0. The van der Waals surface area contributed by atoms with Crippen molar-refractivity contribution in [2.75, 3.05) is 0 Å². The highest BCUT2D eigenvalue weighted by atomic mass is 127. The van der Waals surface area contributed by atoms with E-state index in [4.69, 9.17) is 0 Å². The van der Waals surface area contributed by atoms with Gasteiger partial charge in [-0.05, 0) is 57.3 Å². The maximum atomic E-state index is 2.66. The van der Waals surface area contributed by atoms with Crippen molar-refractivity contribution in [2.24, 2.45) is 29.6 Å². The minimum atomic E-state index is 0.417. The second-order valence-electron chi connectivity index (χ2n) is 5.81. The third-order valence-electron chi connectivity index (χ3n) is 5.27. The molecule has 0 aromatic carbocycles. The van der Waals surface area contributed by atoms with Gasteiger partial charge in [-0.2, -0.15) is 0 Å². The Morgan fingerprint density at radius 3 is 2.13 bits per heavy atom. The highest BCUT2D eigenvalue weighted by Gasteiger charge is 2.63. The lowest BCUT2D eigenvalue weighted by molar-refractivity contribution is -0.0909. The van der Waals surface area contributed by atoms with Crippen molar-refractivity contribution in [3.63, 3.8) is 0 Å². The van der Waals surface area contributed by atoms with Gasteiger partial charge in [0.25, 0.3) is 0 Å². The van der Waals surface area contributed by atoms with Gasteiger partial charge < -0.3 is 0 Å². The molecule has 0 amide bonds. The van der Waals surface area contributed by atoms with Crippen LogP contribution < -0.4 is 0 Å². The smallest absolute Gasteiger partial charge is 0.0703 e. The van der Waals surface area contributed by atoms with Crippen LogP contribution >= 0.6 is 45.2 Å². The summed E-state index contributed by atoms with van der Waals surface area (Å²) in [6, 6.07) is 0. The van der Waals surface area contributed by atoms with Crippen LogP contribution in [0, 0.1) is 29.6 Å². The molecule has 2 heteroatoms. The summed E-state index contributed by atoms with van der Waals surface area (Å²) < 4.78 is 0.417. The summed E-state index contributed by atoms with van der Waals surface area (Å²) in [6.07, 6.45) is 3.04. The summed E-state index contributed by atoms with van der Waals surface area (Å²) in [5, 5.41) is 0. The zero-order valence-corrected chi connectivity index (χ0v) is 13.9. The number of halogens is 2. The van der Waals surface area contributed by atoms with E-state index >= 15 is 0 Å². The average Bonchev–Trinajstić information content (AvgIpc) is 2.26. The molecule has 5 unspecified atom stereocenters. The maximum Gasteiger partial charge on any atom is 0.0774 e. The monoisotopic (exact) mass is 428 g/mol. The summed E-state index contributed by atoms with van der Waals surface area (Å²) in [5.74, 6) is 5.03. The molecule has 0 radical (unpaired) electrons. The van der Waals surface area contributed by atoms with Crippen LogP contribution in [0.1, 0.15) is 33.6 Å². The van der Waals surface area contributed by atoms with Gasteiger partial charge in [0.1, 0.15) is 0 Å². The van der Waals surface area contributed by atoms with E-state index in [1.807, 2.05) is 0 Å². The van der Waals surface area contributed by atoms with Crippen LogP contribution in [0.3, 0.4) is 0 Å². The number of alkyl halides is 2. The van der Waals surface area contributed by atoms with Crippen LogP contribution in [0.15, 0.2) is 11.1 Å². The molecule has 0 aromatic heterocycles. The molecule has 3 aliphatic carbocycles. The summed E-state index contributed by atoms with van der Waals surface area (Å²) in [7, 11) is 0. The van der Waals surface area contributed by atoms with Crippen molar-refractivity contribution in [2.45, 2.75) is 35.0 Å². The lowest BCUT2D eigenvalue weighted by Crippen LogP contribution is -2.55. The van der Waals surface area contributed by atoms with Gasteiger partial charge >= 0.3 is 0 Å². The quantitative estimate of drug-likeness (QED) is 0.320. The van der Waals surface area contributed by atoms with Gasteiger partial charge in [-0.3, -0.25) is 0 Å². The Kier molecular flexibility index (Phi) is 2.53. The van der Waals surface area contributed by atoms with Crippen LogP contribution in [0.4, 0.5) is 0 Å². The fourth-order valence-corrected chi connectivity index (χ4v) is 6.23. The topological polar surface area (TPSA) is 0 Å². The van der Waals surface area contributed by atoms with E-state index in [0.717, 1.165) is 29.6 Å². The summed E-state index contributed by atoms with van der Waals surface area (Å²) in [4.78, 5) is 0. The van der Waals surface area contributed by atoms with Gasteiger partial charge in [-0.15, -0.1) is 0 Å². The van der Waals surface area contributed by atoms with Crippen LogP contribution in [-0.2, 0) is 0 Å². The Balaban J connectivity index is 1.96. The zero-order chi connectivity index (χ0) is 11.0. The van der Waals surface area contributed by atoms with Gasteiger partial charge in [-0.25, -0.2) is 0 Å². The van der Waals surface area contributed by atoms with E-state index in [-0.39, 0.29) is 0 Å². The molecule has 0 saturated heterocycles. The normalized spacial score (nSPS) is 48.2. The lowest BCUT2D eigenvalue weighted by atomic mass is 9.45. The summed E-state index contributed by atoms with van der Waals surface area (Å²) in [6.45, 7) is 7.21. The first kappa shape index (κ1) is 11.3. The molecule has 15 heavy (non-hydrogen) atoms. The molecular formula is C13H18I2. The van der Waals surface area contributed by atoms with Crippen molar-refractivity contribution in [1.29, 1.82) is 0 Å². The third kappa shape index (κ3) is 1.36. The Morgan fingerprint density at radius 1 is 1.07 bits per heavy atom. The average molecular weight is 428 g/mol. The predicted octanol–water partition coefficient (Wildman–Crippen LogP) is 4.81. The molecule has 0 aromatic rings. The number of rotatable bonds is 1. The second kappa shape index (κ2) is 3.36. The molecule has 0 aliphatic heterocycles. The van der Waals surface area contributed by atoms with Gasteiger partial charge in [0, 0.05) is 5.92 Å². The fraction of sp³-hybridized carbons (Fsp3) is 0.846. The first-order valence-electron chi connectivity index (χ1n) is 5.98. The fourth-order valence-electron chi connectivity index (χ4n) is 4.46. The van der Waals surface area contributed by atoms with Crippen molar-refractivity contribution in [1.82, 2.24) is 0 Å². The van der Waals surface area contributed by atoms with Crippen LogP contribution in [0.5, 0.6) is 0 Å². The van der Waals surface area contributed by atoms with Crippen molar-refractivity contribution < 1.29 is 0 Å². The SMILES string of the molecule is CC1=C(C)C(C(C)(I)I)C2C3CCC3C12. The molecule has 5 atom stereocenters. The molecule has 0 bridgehead atoms. The molecule has 0 spiro atoms. The first-order chi connectivity index (χ1) is 6.93. The number of allylic oxidation sites excluding steroid dienone is 2. The summed E-state index contributed by atoms with van der Waals surface area (Å²) >= 11 is 5.31. The number of fused-ring (bicyclic) bond motifs is 4. The minimum absolute atomic E-state index is 0.417. The van der Waals surface area contributed by atoms with E-state index in [1.54, 1.807) is 11.1 Å². The van der Waals surface area contributed by atoms with Crippen molar-refractivity contribution in [3.05, 3.63) is 11.1 Å². The molecular weight excluding hydrogens is 410 g/mol. The van der Waals surface area contributed by atoms with Crippen LogP contribution in [-0.4, -0.2) is 1.43 Å². The second-order valence-corrected chi connectivity index (χ2v) is 12.4. The largest absolute Gasteiger partial charge is 0.0774 e. The Morgan fingerprint density at radius 2 is 1.67 bits per heavy atom. The molecule has 3 rings (SSSR count). The molecule has 2 saturated carbocycles. The molecule has 2 fully saturated rings. The van der Waals surface area contributed by atoms with Gasteiger partial charge in [0.05, 0.1) is 1.43 Å².